The van der Waals surface area contributed by atoms with E-state index in [1.54, 1.807) is 4.68 Å². The minimum absolute atomic E-state index is 0.00171. The molecular weight excluding hydrogens is 224 g/mol. The van der Waals surface area contributed by atoms with E-state index < -0.39 is 5.97 Å². The van der Waals surface area contributed by atoms with E-state index in [2.05, 4.69) is 15.5 Å². The van der Waals surface area contributed by atoms with E-state index in [0.717, 1.165) is 5.82 Å². The number of aromatic nitrogens is 4. The van der Waals surface area contributed by atoms with Crippen LogP contribution in [0.3, 0.4) is 0 Å². The average Bonchev–Trinajstić information content (AvgIpc) is 2.65. The van der Waals surface area contributed by atoms with Gasteiger partial charge in [-0.1, -0.05) is 6.92 Å². The van der Waals surface area contributed by atoms with Crippen molar-refractivity contribution in [2.45, 2.75) is 33.2 Å². The molecule has 0 aliphatic heterocycles. The van der Waals surface area contributed by atoms with Gasteiger partial charge in [0.2, 0.25) is 0 Å². The summed E-state index contributed by atoms with van der Waals surface area (Å²) in [5.41, 5.74) is 0. The Morgan fingerprint density at radius 1 is 1.59 bits per heavy atom. The van der Waals surface area contributed by atoms with Crippen molar-refractivity contribution in [2.75, 3.05) is 13.2 Å². The van der Waals surface area contributed by atoms with E-state index in [9.17, 15) is 4.79 Å². The molecule has 7 nitrogen and oxygen atoms in total. The first kappa shape index (κ1) is 13.6. The predicted octanol–water partition coefficient (Wildman–Crippen LogP) is 0.363. The van der Waals surface area contributed by atoms with Crippen LogP contribution in [0.1, 0.15) is 26.1 Å². The number of hydrogen-bond donors (Lipinski definition) is 1. The summed E-state index contributed by atoms with van der Waals surface area (Å²) >= 11 is 0. The molecule has 1 unspecified atom stereocenters. The summed E-state index contributed by atoms with van der Waals surface area (Å²) in [7, 11) is 0. The summed E-state index contributed by atoms with van der Waals surface area (Å²) in [6, 6.07) is 0. The second-order valence-electron chi connectivity index (χ2n) is 3.93. The van der Waals surface area contributed by atoms with Crippen molar-refractivity contribution in [1.82, 2.24) is 20.2 Å². The number of carboxylic acid groups (broad SMARTS) is 1. The molecule has 0 spiro atoms. The lowest BCUT2D eigenvalue weighted by molar-refractivity contribution is -0.138. The molecule has 1 N–H and O–H groups in total. The first-order chi connectivity index (χ1) is 8.13. The molecule has 0 saturated carbocycles. The number of carboxylic acids is 1. The maximum Gasteiger partial charge on any atom is 0.303 e. The van der Waals surface area contributed by atoms with Gasteiger partial charge in [-0.25, -0.2) is 4.68 Å². The van der Waals surface area contributed by atoms with E-state index in [0.29, 0.717) is 26.2 Å². The van der Waals surface area contributed by atoms with E-state index >= 15 is 0 Å². The van der Waals surface area contributed by atoms with Gasteiger partial charge in [0.1, 0.15) is 0 Å². The van der Waals surface area contributed by atoms with Gasteiger partial charge in [0.05, 0.1) is 6.61 Å². The first-order valence-corrected chi connectivity index (χ1v) is 5.68. The van der Waals surface area contributed by atoms with Crippen LogP contribution < -0.4 is 0 Å². The Hall–Kier alpha value is -1.50. The van der Waals surface area contributed by atoms with Crippen molar-refractivity contribution in [1.29, 1.82) is 0 Å². The molecule has 0 fully saturated rings. The van der Waals surface area contributed by atoms with Crippen LogP contribution in [0, 0.1) is 5.92 Å². The summed E-state index contributed by atoms with van der Waals surface area (Å²) < 4.78 is 6.87. The number of carbonyl (C=O) groups is 1. The minimum atomic E-state index is -0.804. The van der Waals surface area contributed by atoms with Crippen molar-refractivity contribution < 1.29 is 14.6 Å². The monoisotopic (exact) mass is 242 g/mol. The predicted molar refractivity (Wildman–Crippen MR) is 59.4 cm³/mol. The summed E-state index contributed by atoms with van der Waals surface area (Å²) in [5, 5.41) is 20.0. The van der Waals surface area contributed by atoms with Gasteiger partial charge in [-0.2, -0.15) is 0 Å². The molecule has 96 valence electrons. The van der Waals surface area contributed by atoms with Crippen molar-refractivity contribution in [2.24, 2.45) is 5.92 Å². The quantitative estimate of drug-likeness (QED) is 0.662. The smallest absolute Gasteiger partial charge is 0.303 e. The lowest BCUT2D eigenvalue weighted by atomic mass is 10.1. The van der Waals surface area contributed by atoms with Crippen LogP contribution in [-0.2, 0) is 22.5 Å². The van der Waals surface area contributed by atoms with Crippen LogP contribution in [0.25, 0.3) is 0 Å². The molecule has 17 heavy (non-hydrogen) atoms. The Balaban J connectivity index is 2.47. The molecule has 0 saturated heterocycles. The summed E-state index contributed by atoms with van der Waals surface area (Å²) in [4.78, 5) is 10.6. The number of nitrogens with zero attached hydrogens (tertiary/aromatic N) is 4. The van der Waals surface area contributed by atoms with E-state index in [-0.39, 0.29) is 12.3 Å². The molecule has 7 heteroatoms. The zero-order valence-electron chi connectivity index (χ0n) is 10.2. The fourth-order valence-corrected chi connectivity index (χ4v) is 1.51. The molecule has 1 rings (SSSR count). The molecule has 1 aromatic heterocycles. The van der Waals surface area contributed by atoms with Gasteiger partial charge >= 0.3 is 5.97 Å². The number of hydrogen-bond acceptors (Lipinski definition) is 5. The van der Waals surface area contributed by atoms with E-state index in [4.69, 9.17) is 9.84 Å². The first-order valence-electron chi connectivity index (χ1n) is 5.68. The fraction of sp³-hybridized carbons (Fsp3) is 0.800. The highest BCUT2D eigenvalue weighted by molar-refractivity contribution is 5.66. The zero-order valence-corrected chi connectivity index (χ0v) is 10.2. The van der Waals surface area contributed by atoms with Gasteiger partial charge in [0, 0.05) is 26.0 Å². The molecule has 0 radical (unpaired) electrons. The maximum atomic E-state index is 10.6. The molecular formula is C10H18N4O3. The summed E-state index contributed by atoms with van der Waals surface area (Å²) in [5.74, 6) is -0.0704. The topological polar surface area (TPSA) is 90.1 Å². The van der Waals surface area contributed by atoms with Gasteiger partial charge in [-0.15, -0.1) is 5.10 Å². The van der Waals surface area contributed by atoms with Gasteiger partial charge < -0.3 is 9.84 Å². The van der Waals surface area contributed by atoms with Crippen molar-refractivity contribution in [3.63, 3.8) is 0 Å². The average molecular weight is 242 g/mol. The Morgan fingerprint density at radius 3 is 3.00 bits per heavy atom. The SMILES string of the molecule is CCOCCc1nnnn1CC(C)CC(=O)O. The molecule has 0 aliphatic carbocycles. The van der Waals surface area contributed by atoms with Gasteiger partial charge in [-0.05, 0) is 23.3 Å². The van der Waals surface area contributed by atoms with Crippen LogP contribution in [0.4, 0.5) is 0 Å². The van der Waals surface area contributed by atoms with E-state index in [1.807, 2.05) is 13.8 Å². The Kier molecular flexibility index (Phi) is 5.55. The number of rotatable bonds is 8. The highest BCUT2D eigenvalue weighted by atomic mass is 16.5. The molecule has 1 heterocycles. The van der Waals surface area contributed by atoms with Crippen molar-refractivity contribution >= 4 is 5.97 Å². The lowest BCUT2D eigenvalue weighted by Gasteiger charge is -2.09. The van der Waals surface area contributed by atoms with Crippen LogP contribution >= 0.6 is 0 Å². The van der Waals surface area contributed by atoms with Gasteiger partial charge in [0.25, 0.3) is 0 Å². The van der Waals surface area contributed by atoms with Gasteiger partial charge in [-0.3, -0.25) is 4.79 Å². The number of ether oxygens (including phenoxy) is 1. The highest BCUT2D eigenvalue weighted by Crippen LogP contribution is 2.06. The van der Waals surface area contributed by atoms with Crippen LogP contribution in [-0.4, -0.2) is 44.5 Å². The second kappa shape index (κ2) is 6.95. The van der Waals surface area contributed by atoms with Crippen LogP contribution in [0.2, 0.25) is 0 Å². The lowest BCUT2D eigenvalue weighted by Crippen LogP contribution is -2.16. The Morgan fingerprint density at radius 2 is 2.35 bits per heavy atom. The zero-order chi connectivity index (χ0) is 12.7. The third-order valence-corrected chi connectivity index (χ3v) is 2.29. The van der Waals surface area contributed by atoms with E-state index in [1.165, 1.54) is 0 Å². The standard InChI is InChI=1S/C10H18N4O3/c1-3-17-5-4-9-11-12-13-14(9)7-8(2)6-10(15)16/h8H,3-7H2,1-2H3,(H,15,16). The fourth-order valence-electron chi connectivity index (χ4n) is 1.51. The normalized spacial score (nSPS) is 12.6. The van der Waals surface area contributed by atoms with Crippen LogP contribution in [0.5, 0.6) is 0 Å². The number of aliphatic carboxylic acids is 1. The molecule has 0 bridgehead atoms. The third kappa shape index (κ3) is 4.90. The highest BCUT2D eigenvalue weighted by Gasteiger charge is 2.12. The minimum Gasteiger partial charge on any atom is -0.481 e. The second-order valence-corrected chi connectivity index (χ2v) is 3.93. The molecule has 1 aromatic rings. The van der Waals surface area contributed by atoms with Crippen molar-refractivity contribution in [3.8, 4) is 0 Å². The molecule has 1 atom stereocenters. The van der Waals surface area contributed by atoms with Crippen LogP contribution in [0.15, 0.2) is 0 Å². The van der Waals surface area contributed by atoms with Gasteiger partial charge in [0.15, 0.2) is 5.82 Å². The molecule has 0 amide bonds. The summed E-state index contributed by atoms with van der Waals surface area (Å²) in [6.07, 6.45) is 0.755. The largest absolute Gasteiger partial charge is 0.481 e. The maximum absolute atomic E-state index is 10.6. The summed E-state index contributed by atoms with van der Waals surface area (Å²) in [6.45, 7) is 5.54. The Labute approximate surface area is 99.8 Å². The molecule has 0 aliphatic rings. The Bertz CT molecular complexity index is 353. The molecule has 0 aromatic carbocycles. The number of tetrazole rings is 1. The third-order valence-electron chi connectivity index (χ3n) is 2.29. The van der Waals surface area contributed by atoms with Crippen molar-refractivity contribution in [3.05, 3.63) is 5.82 Å².